The zero-order chi connectivity index (χ0) is 13.7. The molecule has 0 radical (unpaired) electrons. The Morgan fingerprint density at radius 2 is 2.11 bits per heavy atom. The van der Waals surface area contributed by atoms with Crippen LogP contribution < -0.4 is 5.32 Å². The number of nitrogens with one attached hydrogen (secondary N) is 1. The maximum absolute atomic E-state index is 13.7. The number of carbonyl (C=O) groups excluding carboxylic acids is 1. The van der Waals surface area contributed by atoms with Crippen LogP contribution in [0.3, 0.4) is 0 Å². The number of carbonyl (C=O) groups is 1. The Kier molecular flexibility index (Phi) is 5.28. The number of halogens is 1. The largest absolute Gasteiger partial charge is 0.349 e. The van der Waals surface area contributed by atoms with Crippen molar-refractivity contribution in [2.75, 3.05) is 20.6 Å². The summed E-state index contributed by atoms with van der Waals surface area (Å²) in [4.78, 5) is 14.0. The first-order chi connectivity index (χ1) is 8.41. The zero-order valence-corrected chi connectivity index (χ0v) is 11.5. The third-order valence-electron chi connectivity index (χ3n) is 2.82. The van der Waals surface area contributed by atoms with Gasteiger partial charge >= 0.3 is 0 Å². The van der Waals surface area contributed by atoms with Crippen LogP contribution in [0.1, 0.15) is 29.3 Å². The van der Waals surface area contributed by atoms with E-state index >= 15 is 0 Å². The molecule has 0 aliphatic heterocycles. The fourth-order valence-electron chi connectivity index (χ4n) is 1.65. The molecule has 0 bridgehead atoms. The molecule has 18 heavy (non-hydrogen) atoms. The molecule has 1 amide bonds. The second-order valence-corrected chi connectivity index (χ2v) is 4.90. The van der Waals surface area contributed by atoms with Crippen LogP contribution in [-0.2, 0) is 0 Å². The normalized spacial score (nSPS) is 12.6. The van der Waals surface area contributed by atoms with Gasteiger partial charge in [-0.3, -0.25) is 4.79 Å². The summed E-state index contributed by atoms with van der Waals surface area (Å²) in [6, 6.07) is 4.88. The second-order valence-electron chi connectivity index (χ2n) is 4.90. The van der Waals surface area contributed by atoms with Crippen molar-refractivity contribution in [3.8, 4) is 0 Å². The zero-order valence-electron chi connectivity index (χ0n) is 11.5. The van der Waals surface area contributed by atoms with E-state index in [0.717, 1.165) is 13.0 Å². The van der Waals surface area contributed by atoms with Gasteiger partial charge in [0.2, 0.25) is 0 Å². The lowest BCUT2D eigenvalue weighted by Crippen LogP contribution is -2.35. The van der Waals surface area contributed by atoms with Gasteiger partial charge in [0.25, 0.3) is 5.91 Å². The maximum atomic E-state index is 13.7. The predicted molar refractivity (Wildman–Crippen MR) is 71.2 cm³/mol. The van der Waals surface area contributed by atoms with E-state index in [0.29, 0.717) is 5.56 Å². The van der Waals surface area contributed by atoms with Crippen LogP contribution in [0.5, 0.6) is 0 Å². The first kappa shape index (κ1) is 14.6. The lowest BCUT2D eigenvalue weighted by atomic mass is 10.1. The number of hydrogen-bond acceptors (Lipinski definition) is 2. The highest BCUT2D eigenvalue weighted by Crippen LogP contribution is 2.12. The Labute approximate surface area is 108 Å². The molecule has 1 unspecified atom stereocenters. The fourth-order valence-corrected chi connectivity index (χ4v) is 1.65. The summed E-state index contributed by atoms with van der Waals surface area (Å²) in [6.07, 6.45) is 0.839. The average molecular weight is 252 g/mol. The second kappa shape index (κ2) is 6.50. The van der Waals surface area contributed by atoms with Crippen LogP contribution >= 0.6 is 0 Å². The Balaban J connectivity index is 2.62. The van der Waals surface area contributed by atoms with E-state index in [-0.39, 0.29) is 17.5 Å². The number of nitrogens with zero attached hydrogens (tertiary/aromatic N) is 1. The molecule has 0 fully saturated rings. The molecule has 0 heterocycles. The molecule has 0 aliphatic rings. The van der Waals surface area contributed by atoms with Crippen molar-refractivity contribution < 1.29 is 9.18 Å². The molecule has 0 aliphatic carbocycles. The van der Waals surface area contributed by atoms with Crippen molar-refractivity contribution in [3.63, 3.8) is 0 Å². The van der Waals surface area contributed by atoms with E-state index in [1.807, 2.05) is 21.0 Å². The number of aryl methyl sites for hydroxylation is 1. The summed E-state index contributed by atoms with van der Waals surface area (Å²) in [5, 5.41) is 2.81. The summed E-state index contributed by atoms with van der Waals surface area (Å²) < 4.78 is 13.7. The molecule has 0 saturated carbocycles. The van der Waals surface area contributed by atoms with Crippen LogP contribution in [0, 0.1) is 12.7 Å². The van der Waals surface area contributed by atoms with Gasteiger partial charge in [0, 0.05) is 6.04 Å². The van der Waals surface area contributed by atoms with E-state index in [4.69, 9.17) is 0 Å². The summed E-state index contributed by atoms with van der Waals surface area (Å²) in [5.41, 5.74) is 0.607. The minimum absolute atomic E-state index is 0.0276. The van der Waals surface area contributed by atoms with E-state index in [9.17, 15) is 9.18 Å². The van der Waals surface area contributed by atoms with Gasteiger partial charge in [-0.25, -0.2) is 4.39 Å². The Hall–Kier alpha value is -1.42. The SMILES string of the molecule is Cc1cccc(C(=O)NC(C)CCN(C)C)c1F. The molecule has 100 valence electrons. The maximum Gasteiger partial charge on any atom is 0.254 e. The number of benzene rings is 1. The van der Waals surface area contributed by atoms with Crippen molar-refractivity contribution in [2.45, 2.75) is 26.3 Å². The highest BCUT2D eigenvalue weighted by Gasteiger charge is 2.15. The minimum atomic E-state index is -0.435. The molecule has 4 heteroatoms. The van der Waals surface area contributed by atoms with Crippen molar-refractivity contribution in [3.05, 3.63) is 35.1 Å². The molecule has 1 aromatic rings. The third-order valence-corrected chi connectivity index (χ3v) is 2.82. The molecule has 0 aromatic heterocycles. The summed E-state index contributed by atoms with van der Waals surface area (Å²) in [5.74, 6) is -0.780. The lowest BCUT2D eigenvalue weighted by molar-refractivity contribution is 0.0932. The lowest BCUT2D eigenvalue weighted by Gasteiger charge is -2.17. The molecule has 3 nitrogen and oxygen atoms in total. The molecular weight excluding hydrogens is 231 g/mol. The highest BCUT2D eigenvalue weighted by molar-refractivity contribution is 5.94. The fraction of sp³-hybridized carbons (Fsp3) is 0.500. The first-order valence-corrected chi connectivity index (χ1v) is 6.12. The Bertz CT molecular complexity index is 418. The Morgan fingerprint density at radius 1 is 1.44 bits per heavy atom. The standard InChI is InChI=1S/C14H21FN2O/c1-10-6-5-7-12(13(10)15)14(18)16-11(2)8-9-17(3)4/h5-7,11H,8-9H2,1-4H3,(H,16,18). The third kappa shape index (κ3) is 4.11. The topological polar surface area (TPSA) is 32.3 Å². The van der Waals surface area contributed by atoms with Gasteiger partial charge in [0.05, 0.1) is 5.56 Å². The predicted octanol–water partition coefficient (Wildman–Crippen LogP) is 2.20. The van der Waals surface area contributed by atoms with Crippen molar-refractivity contribution >= 4 is 5.91 Å². The molecule has 1 aromatic carbocycles. The molecule has 1 N–H and O–H groups in total. The van der Waals surface area contributed by atoms with Gasteiger partial charge in [0.1, 0.15) is 5.82 Å². The van der Waals surface area contributed by atoms with Gasteiger partial charge in [-0.05, 0) is 52.5 Å². The van der Waals surface area contributed by atoms with E-state index in [1.165, 1.54) is 6.07 Å². The van der Waals surface area contributed by atoms with Crippen molar-refractivity contribution in [2.24, 2.45) is 0 Å². The highest BCUT2D eigenvalue weighted by atomic mass is 19.1. The van der Waals surface area contributed by atoms with E-state index in [1.54, 1.807) is 19.1 Å². The molecule has 1 atom stereocenters. The van der Waals surface area contributed by atoms with E-state index < -0.39 is 5.82 Å². The van der Waals surface area contributed by atoms with Crippen LogP contribution in [0.25, 0.3) is 0 Å². The van der Waals surface area contributed by atoms with E-state index in [2.05, 4.69) is 10.2 Å². The summed E-state index contributed by atoms with van der Waals surface area (Å²) in [6.45, 7) is 4.47. The van der Waals surface area contributed by atoms with Gasteiger partial charge in [-0.1, -0.05) is 12.1 Å². The smallest absolute Gasteiger partial charge is 0.254 e. The molecule has 0 spiro atoms. The summed E-state index contributed by atoms with van der Waals surface area (Å²) in [7, 11) is 3.96. The first-order valence-electron chi connectivity index (χ1n) is 6.12. The average Bonchev–Trinajstić information content (AvgIpc) is 2.30. The molecule has 0 saturated heterocycles. The number of rotatable bonds is 5. The molecular formula is C14H21FN2O. The van der Waals surface area contributed by atoms with Gasteiger partial charge < -0.3 is 10.2 Å². The van der Waals surface area contributed by atoms with Crippen LogP contribution in [0.2, 0.25) is 0 Å². The van der Waals surface area contributed by atoms with Crippen LogP contribution in [0.4, 0.5) is 4.39 Å². The summed E-state index contributed by atoms with van der Waals surface area (Å²) >= 11 is 0. The number of hydrogen-bond donors (Lipinski definition) is 1. The quantitative estimate of drug-likeness (QED) is 0.871. The number of amides is 1. The minimum Gasteiger partial charge on any atom is -0.349 e. The monoisotopic (exact) mass is 252 g/mol. The van der Waals surface area contributed by atoms with Gasteiger partial charge in [-0.15, -0.1) is 0 Å². The Morgan fingerprint density at radius 3 is 2.72 bits per heavy atom. The van der Waals surface area contributed by atoms with Gasteiger partial charge in [0.15, 0.2) is 0 Å². The van der Waals surface area contributed by atoms with Gasteiger partial charge in [-0.2, -0.15) is 0 Å². The van der Waals surface area contributed by atoms with Crippen LogP contribution in [0.15, 0.2) is 18.2 Å². The van der Waals surface area contributed by atoms with Crippen molar-refractivity contribution in [1.29, 1.82) is 0 Å². The van der Waals surface area contributed by atoms with Crippen LogP contribution in [-0.4, -0.2) is 37.5 Å². The van der Waals surface area contributed by atoms with Crippen molar-refractivity contribution in [1.82, 2.24) is 10.2 Å². The molecule has 1 rings (SSSR count).